The molecule has 2 rings (SSSR count). The maximum absolute atomic E-state index is 13.6. The van der Waals surface area contributed by atoms with Gasteiger partial charge in [-0.15, -0.1) is 5.10 Å². The molecule has 2 aromatic rings. The Morgan fingerprint density at radius 2 is 2.17 bits per heavy atom. The topological polar surface area (TPSA) is 80.9 Å². The minimum atomic E-state index is -1.16. The summed E-state index contributed by atoms with van der Waals surface area (Å²) >= 11 is 0. The lowest BCUT2D eigenvalue weighted by Gasteiger charge is -2.09. The molecule has 0 bridgehead atoms. The highest BCUT2D eigenvalue weighted by atomic mass is 19.1. The monoisotopic (exact) mass is 254 g/mol. The van der Waals surface area contributed by atoms with Crippen LogP contribution in [0.2, 0.25) is 0 Å². The van der Waals surface area contributed by atoms with Crippen LogP contribution in [-0.4, -0.2) is 31.3 Å². The summed E-state index contributed by atoms with van der Waals surface area (Å²) in [4.78, 5) is 10.9. The highest BCUT2D eigenvalue weighted by Gasteiger charge is 2.22. The summed E-state index contributed by atoms with van der Waals surface area (Å²) in [5, 5.41) is 19.2. The maximum atomic E-state index is 13.6. The Morgan fingerprint density at radius 1 is 1.44 bits per heavy atom. The van der Waals surface area contributed by atoms with Crippen LogP contribution in [0.15, 0.2) is 18.2 Å². The van der Waals surface area contributed by atoms with Crippen LogP contribution in [0.5, 0.6) is 0 Å². The molecule has 0 saturated carbocycles. The molecule has 1 aromatic heterocycles. The highest BCUT2D eigenvalue weighted by molar-refractivity contribution is 5.72. The average Bonchev–Trinajstić information content (AvgIpc) is 2.76. The van der Waals surface area contributed by atoms with Crippen molar-refractivity contribution in [2.45, 2.75) is 13.0 Å². The number of halogens is 2. The van der Waals surface area contributed by atoms with Crippen LogP contribution in [0.25, 0.3) is 11.4 Å². The van der Waals surface area contributed by atoms with E-state index >= 15 is 0 Å². The predicted octanol–water partition coefficient (Wildman–Crippen LogP) is 1.26. The molecule has 1 unspecified atom stereocenters. The van der Waals surface area contributed by atoms with Gasteiger partial charge < -0.3 is 5.11 Å². The molecule has 0 saturated heterocycles. The number of rotatable bonds is 3. The van der Waals surface area contributed by atoms with Gasteiger partial charge in [-0.3, -0.25) is 0 Å². The van der Waals surface area contributed by atoms with Gasteiger partial charge in [0.2, 0.25) is 0 Å². The van der Waals surface area contributed by atoms with E-state index in [4.69, 9.17) is 5.11 Å². The van der Waals surface area contributed by atoms with Crippen LogP contribution < -0.4 is 0 Å². The van der Waals surface area contributed by atoms with Gasteiger partial charge in [0, 0.05) is 6.07 Å². The van der Waals surface area contributed by atoms with Crippen molar-refractivity contribution < 1.29 is 18.7 Å². The van der Waals surface area contributed by atoms with E-state index in [-0.39, 0.29) is 11.4 Å². The third-order valence-corrected chi connectivity index (χ3v) is 2.39. The van der Waals surface area contributed by atoms with E-state index in [0.29, 0.717) is 6.07 Å². The molecule has 18 heavy (non-hydrogen) atoms. The number of hydrogen-bond donors (Lipinski definition) is 1. The van der Waals surface area contributed by atoms with Crippen molar-refractivity contribution in [3.05, 3.63) is 29.8 Å². The van der Waals surface area contributed by atoms with E-state index in [1.807, 2.05) is 0 Å². The van der Waals surface area contributed by atoms with Crippen molar-refractivity contribution in [3.8, 4) is 11.4 Å². The summed E-state index contributed by atoms with van der Waals surface area (Å²) in [7, 11) is 0. The Kier molecular flexibility index (Phi) is 3.00. The van der Waals surface area contributed by atoms with Crippen molar-refractivity contribution >= 4 is 5.97 Å². The van der Waals surface area contributed by atoms with E-state index < -0.39 is 23.6 Å². The lowest BCUT2D eigenvalue weighted by atomic mass is 10.2. The smallest absolute Gasteiger partial charge is 0.328 e. The summed E-state index contributed by atoms with van der Waals surface area (Å²) in [6.45, 7) is 1.35. The SMILES string of the molecule is CC(C(=O)O)n1nnnc1-c1ccc(F)cc1F. The molecule has 0 aliphatic rings. The normalized spacial score (nSPS) is 12.4. The van der Waals surface area contributed by atoms with E-state index in [0.717, 1.165) is 16.8 Å². The first-order valence-electron chi connectivity index (χ1n) is 4.97. The van der Waals surface area contributed by atoms with Crippen molar-refractivity contribution in [2.24, 2.45) is 0 Å². The van der Waals surface area contributed by atoms with Gasteiger partial charge in [-0.05, 0) is 29.5 Å². The Hall–Kier alpha value is -2.38. The molecule has 6 nitrogen and oxygen atoms in total. The van der Waals surface area contributed by atoms with E-state index in [1.165, 1.54) is 6.92 Å². The molecule has 0 radical (unpaired) electrons. The van der Waals surface area contributed by atoms with Gasteiger partial charge in [0.05, 0.1) is 5.56 Å². The van der Waals surface area contributed by atoms with Crippen LogP contribution in [-0.2, 0) is 4.79 Å². The average molecular weight is 254 g/mol. The number of benzene rings is 1. The van der Waals surface area contributed by atoms with Crippen molar-refractivity contribution in [2.75, 3.05) is 0 Å². The maximum Gasteiger partial charge on any atom is 0.328 e. The predicted molar refractivity (Wildman–Crippen MR) is 55.5 cm³/mol. The fourth-order valence-corrected chi connectivity index (χ4v) is 1.41. The number of nitrogens with zero attached hydrogens (tertiary/aromatic N) is 4. The molecular weight excluding hydrogens is 246 g/mol. The van der Waals surface area contributed by atoms with Gasteiger partial charge in [0.15, 0.2) is 11.9 Å². The van der Waals surface area contributed by atoms with Gasteiger partial charge in [-0.25, -0.2) is 18.3 Å². The minimum absolute atomic E-state index is 0.0606. The van der Waals surface area contributed by atoms with Crippen molar-refractivity contribution in [3.63, 3.8) is 0 Å². The van der Waals surface area contributed by atoms with Crippen LogP contribution in [0.3, 0.4) is 0 Å². The molecule has 0 fully saturated rings. The second-order valence-electron chi connectivity index (χ2n) is 3.59. The molecule has 1 atom stereocenters. The molecule has 0 spiro atoms. The van der Waals surface area contributed by atoms with E-state index in [1.54, 1.807) is 0 Å². The molecule has 1 aromatic carbocycles. The lowest BCUT2D eigenvalue weighted by molar-refractivity contribution is -0.140. The summed E-state index contributed by atoms with van der Waals surface area (Å²) in [6.07, 6.45) is 0. The molecular formula is C10H8F2N4O2. The molecule has 1 heterocycles. The molecule has 94 valence electrons. The van der Waals surface area contributed by atoms with Gasteiger partial charge in [-0.1, -0.05) is 0 Å². The van der Waals surface area contributed by atoms with Crippen molar-refractivity contribution in [1.29, 1.82) is 0 Å². The zero-order valence-electron chi connectivity index (χ0n) is 9.21. The number of aliphatic carboxylic acids is 1. The van der Waals surface area contributed by atoms with Crippen LogP contribution in [0, 0.1) is 11.6 Å². The minimum Gasteiger partial charge on any atom is -0.480 e. The van der Waals surface area contributed by atoms with Crippen LogP contribution >= 0.6 is 0 Å². The molecule has 1 N–H and O–H groups in total. The first-order valence-corrected chi connectivity index (χ1v) is 4.97. The third-order valence-electron chi connectivity index (χ3n) is 2.39. The van der Waals surface area contributed by atoms with Crippen molar-refractivity contribution in [1.82, 2.24) is 20.2 Å². The van der Waals surface area contributed by atoms with E-state index in [2.05, 4.69) is 15.5 Å². The standard InChI is InChI=1S/C10H8F2N4O2/c1-5(10(17)18)16-9(13-14-15-16)7-3-2-6(11)4-8(7)12/h2-5H,1H3,(H,17,18). The first-order chi connectivity index (χ1) is 8.50. The third kappa shape index (κ3) is 2.04. The number of aromatic nitrogens is 4. The van der Waals surface area contributed by atoms with Gasteiger partial charge >= 0.3 is 5.97 Å². The van der Waals surface area contributed by atoms with E-state index in [9.17, 15) is 13.6 Å². The van der Waals surface area contributed by atoms with Crippen LogP contribution in [0.1, 0.15) is 13.0 Å². The zero-order chi connectivity index (χ0) is 13.3. The summed E-state index contributed by atoms with van der Waals surface area (Å²) in [6, 6.07) is 1.82. The Morgan fingerprint density at radius 3 is 2.78 bits per heavy atom. The van der Waals surface area contributed by atoms with Gasteiger partial charge in [0.1, 0.15) is 11.6 Å². The Balaban J connectivity index is 2.52. The number of hydrogen-bond acceptors (Lipinski definition) is 4. The lowest BCUT2D eigenvalue weighted by Crippen LogP contribution is -2.18. The zero-order valence-corrected chi connectivity index (χ0v) is 9.21. The number of carbonyl (C=O) groups is 1. The summed E-state index contributed by atoms with van der Waals surface area (Å²) in [5.41, 5.74) is -0.0606. The molecule has 0 aliphatic heterocycles. The fourth-order valence-electron chi connectivity index (χ4n) is 1.41. The first kappa shape index (κ1) is 12.1. The molecule has 0 aliphatic carbocycles. The highest BCUT2D eigenvalue weighted by Crippen LogP contribution is 2.22. The largest absolute Gasteiger partial charge is 0.480 e. The quantitative estimate of drug-likeness (QED) is 0.891. The van der Waals surface area contributed by atoms with Crippen LogP contribution in [0.4, 0.5) is 8.78 Å². The number of carboxylic acid groups (broad SMARTS) is 1. The molecule has 0 amide bonds. The Labute approximate surface area is 99.9 Å². The van der Waals surface area contributed by atoms with Gasteiger partial charge in [-0.2, -0.15) is 0 Å². The second kappa shape index (κ2) is 4.47. The number of tetrazole rings is 1. The fraction of sp³-hybridized carbons (Fsp3) is 0.200. The summed E-state index contributed by atoms with van der Waals surface area (Å²) in [5.74, 6) is -2.82. The number of carboxylic acids is 1. The Bertz CT molecular complexity index is 599. The van der Waals surface area contributed by atoms with Gasteiger partial charge in [0.25, 0.3) is 0 Å². The summed E-state index contributed by atoms with van der Waals surface area (Å²) < 4.78 is 27.3. The molecule has 8 heteroatoms. The second-order valence-corrected chi connectivity index (χ2v) is 3.59.